The molecule has 0 fully saturated rings. The zero-order valence-corrected chi connectivity index (χ0v) is 16.4. The van der Waals surface area contributed by atoms with E-state index in [0.717, 1.165) is 10.0 Å². The number of benzene rings is 2. The van der Waals surface area contributed by atoms with Crippen LogP contribution in [0.4, 0.5) is 5.69 Å². The first kappa shape index (κ1) is 19.8. The molecule has 4 nitrogen and oxygen atoms in total. The van der Waals surface area contributed by atoms with Gasteiger partial charge in [-0.1, -0.05) is 36.4 Å². The minimum Gasteiger partial charge on any atom is -0.488 e. The predicted molar refractivity (Wildman–Crippen MR) is 108 cm³/mol. The second-order valence-electron chi connectivity index (χ2n) is 5.37. The molecule has 0 aliphatic carbocycles. The molecule has 132 valence electrons. The lowest BCUT2D eigenvalue weighted by atomic mass is 10.1. The molecule has 0 aliphatic heterocycles. The molecular formula is C20H16BrClN2O2. The van der Waals surface area contributed by atoms with Gasteiger partial charge in [0.25, 0.3) is 5.91 Å². The van der Waals surface area contributed by atoms with E-state index < -0.39 is 5.91 Å². The van der Waals surface area contributed by atoms with Crippen molar-refractivity contribution in [2.45, 2.75) is 6.92 Å². The molecule has 0 saturated heterocycles. The Bertz CT molecular complexity index is 917. The second-order valence-corrected chi connectivity index (χ2v) is 6.66. The van der Waals surface area contributed by atoms with Gasteiger partial charge >= 0.3 is 0 Å². The number of nitriles is 1. The van der Waals surface area contributed by atoms with E-state index in [1.54, 1.807) is 42.5 Å². The van der Waals surface area contributed by atoms with Crippen LogP contribution in [0.15, 0.2) is 59.1 Å². The normalized spacial score (nSPS) is 10.8. The van der Waals surface area contributed by atoms with Crippen molar-refractivity contribution in [3.05, 3.63) is 75.2 Å². The standard InChI is InChI=1S/C20H16BrClN2O2/c1-3-8-26-19-7-5-14(10-17(19)21)9-15(12-23)20(25)24-18-11-16(22)6-4-13(18)2/h3-7,9-11H,1,8H2,2H3,(H,24,25)/b15-9+. The lowest BCUT2D eigenvalue weighted by Crippen LogP contribution is -2.14. The molecule has 2 aromatic rings. The van der Waals surface area contributed by atoms with E-state index in [9.17, 15) is 10.1 Å². The summed E-state index contributed by atoms with van der Waals surface area (Å²) in [5, 5.41) is 12.6. The van der Waals surface area contributed by atoms with Gasteiger partial charge in [0.05, 0.1) is 4.47 Å². The molecule has 6 heteroatoms. The number of nitrogens with one attached hydrogen (secondary N) is 1. The minimum absolute atomic E-state index is 0.0176. The van der Waals surface area contributed by atoms with Gasteiger partial charge in [-0.25, -0.2) is 0 Å². The number of hydrogen-bond donors (Lipinski definition) is 1. The van der Waals surface area contributed by atoms with E-state index in [2.05, 4.69) is 27.8 Å². The number of anilines is 1. The third-order valence-electron chi connectivity index (χ3n) is 3.44. The number of halogens is 2. The average molecular weight is 432 g/mol. The summed E-state index contributed by atoms with van der Waals surface area (Å²) < 4.78 is 6.20. The highest BCUT2D eigenvalue weighted by molar-refractivity contribution is 9.10. The van der Waals surface area contributed by atoms with E-state index in [4.69, 9.17) is 16.3 Å². The molecule has 0 saturated carbocycles. The van der Waals surface area contributed by atoms with Gasteiger partial charge < -0.3 is 10.1 Å². The Morgan fingerprint density at radius 1 is 1.38 bits per heavy atom. The third kappa shape index (κ3) is 5.22. The molecule has 0 atom stereocenters. The van der Waals surface area contributed by atoms with Gasteiger partial charge in [-0.3, -0.25) is 4.79 Å². The summed E-state index contributed by atoms with van der Waals surface area (Å²) in [6.45, 7) is 5.84. The van der Waals surface area contributed by atoms with E-state index in [1.807, 2.05) is 13.0 Å². The maximum absolute atomic E-state index is 12.4. The van der Waals surface area contributed by atoms with Gasteiger partial charge in [-0.2, -0.15) is 5.26 Å². The Balaban J connectivity index is 2.23. The lowest BCUT2D eigenvalue weighted by Gasteiger charge is -2.09. The van der Waals surface area contributed by atoms with Crippen LogP contribution in [-0.2, 0) is 4.79 Å². The highest BCUT2D eigenvalue weighted by atomic mass is 79.9. The number of carbonyl (C=O) groups excluding carboxylic acids is 1. The Hall–Kier alpha value is -2.55. The third-order valence-corrected chi connectivity index (χ3v) is 4.29. The van der Waals surface area contributed by atoms with E-state index in [0.29, 0.717) is 28.6 Å². The van der Waals surface area contributed by atoms with Gasteiger partial charge in [0.2, 0.25) is 0 Å². The molecule has 0 unspecified atom stereocenters. The van der Waals surface area contributed by atoms with Crippen molar-refractivity contribution >= 4 is 45.2 Å². The van der Waals surface area contributed by atoms with Gasteiger partial charge in [0, 0.05) is 10.7 Å². The van der Waals surface area contributed by atoms with E-state index >= 15 is 0 Å². The highest BCUT2D eigenvalue weighted by Crippen LogP contribution is 2.27. The van der Waals surface area contributed by atoms with Crippen LogP contribution in [0.5, 0.6) is 5.75 Å². The first-order chi connectivity index (χ1) is 12.4. The van der Waals surface area contributed by atoms with Crippen molar-refractivity contribution in [1.29, 1.82) is 5.26 Å². The number of ether oxygens (including phenoxy) is 1. The van der Waals surface area contributed by atoms with Crippen molar-refractivity contribution in [1.82, 2.24) is 0 Å². The maximum atomic E-state index is 12.4. The maximum Gasteiger partial charge on any atom is 0.266 e. The number of aryl methyl sites for hydroxylation is 1. The smallest absolute Gasteiger partial charge is 0.266 e. The average Bonchev–Trinajstić information content (AvgIpc) is 2.62. The summed E-state index contributed by atoms with van der Waals surface area (Å²) in [5.41, 5.74) is 2.10. The number of hydrogen-bond acceptors (Lipinski definition) is 3. The van der Waals surface area contributed by atoms with Crippen LogP contribution >= 0.6 is 27.5 Å². The summed E-state index contributed by atoms with van der Waals surface area (Å²) in [7, 11) is 0. The van der Waals surface area contributed by atoms with Crippen LogP contribution in [0.25, 0.3) is 6.08 Å². The van der Waals surface area contributed by atoms with Crippen LogP contribution in [0.2, 0.25) is 5.02 Å². The van der Waals surface area contributed by atoms with Crippen molar-refractivity contribution < 1.29 is 9.53 Å². The van der Waals surface area contributed by atoms with Crippen molar-refractivity contribution in [3.63, 3.8) is 0 Å². The fourth-order valence-electron chi connectivity index (χ4n) is 2.11. The van der Waals surface area contributed by atoms with Crippen LogP contribution in [-0.4, -0.2) is 12.5 Å². The molecule has 0 radical (unpaired) electrons. The molecule has 1 N–H and O–H groups in total. The van der Waals surface area contributed by atoms with Crippen LogP contribution in [0.1, 0.15) is 11.1 Å². The summed E-state index contributed by atoms with van der Waals surface area (Å²) in [4.78, 5) is 12.4. The Kier molecular flexibility index (Phi) is 7.02. The molecule has 0 aliphatic rings. The molecule has 1 amide bonds. The van der Waals surface area contributed by atoms with Gasteiger partial charge in [0.15, 0.2) is 0 Å². The summed E-state index contributed by atoms with van der Waals surface area (Å²) in [6.07, 6.45) is 3.16. The Morgan fingerprint density at radius 2 is 2.15 bits per heavy atom. The zero-order chi connectivity index (χ0) is 19.1. The number of carbonyl (C=O) groups is 1. The van der Waals surface area contributed by atoms with Crippen LogP contribution in [0, 0.1) is 18.3 Å². The SMILES string of the molecule is C=CCOc1ccc(/C=C(\C#N)C(=O)Nc2cc(Cl)ccc2C)cc1Br. The lowest BCUT2D eigenvalue weighted by molar-refractivity contribution is -0.112. The zero-order valence-electron chi connectivity index (χ0n) is 14.1. The summed E-state index contributed by atoms with van der Waals surface area (Å²) >= 11 is 9.37. The first-order valence-electron chi connectivity index (χ1n) is 7.67. The summed E-state index contributed by atoms with van der Waals surface area (Å²) in [6, 6.07) is 12.4. The molecular weight excluding hydrogens is 416 g/mol. The predicted octanol–water partition coefficient (Wildman–Crippen LogP) is 5.52. The quantitative estimate of drug-likeness (QED) is 0.372. The second kappa shape index (κ2) is 9.23. The van der Waals surface area contributed by atoms with Crippen LogP contribution < -0.4 is 10.1 Å². The molecule has 0 spiro atoms. The van der Waals surface area contributed by atoms with Crippen molar-refractivity contribution in [2.75, 3.05) is 11.9 Å². The van der Waals surface area contributed by atoms with Gasteiger partial charge in [-0.05, 0) is 64.3 Å². The minimum atomic E-state index is -0.499. The first-order valence-corrected chi connectivity index (χ1v) is 8.84. The summed E-state index contributed by atoms with van der Waals surface area (Å²) in [5.74, 6) is 0.153. The molecule has 2 rings (SSSR count). The number of nitrogens with zero attached hydrogens (tertiary/aromatic N) is 1. The number of rotatable bonds is 6. The monoisotopic (exact) mass is 430 g/mol. The van der Waals surface area contributed by atoms with Gasteiger partial charge in [0.1, 0.15) is 24.0 Å². The topological polar surface area (TPSA) is 62.1 Å². The largest absolute Gasteiger partial charge is 0.488 e. The Morgan fingerprint density at radius 3 is 2.81 bits per heavy atom. The molecule has 0 aromatic heterocycles. The Labute approximate surface area is 165 Å². The fraction of sp³-hybridized carbons (Fsp3) is 0.100. The molecule has 2 aromatic carbocycles. The number of amides is 1. The van der Waals surface area contributed by atoms with Crippen LogP contribution in [0.3, 0.4) is 0 Å². The van der Waals surface area contributed by atoms with Gasteiger partial charge in [-0.15, -0.1) is 0 Å². The van der Waals surface area contributed by atoms with E-state index in [-0.39, 0.29) is 5.57 Å². The van der Waals surface area contributed by atoms with Crippen molar-refractivity contribution in [2.24, 2.45) is 0 Å². The fourth-order valence-corrected chi connectivity index (χ4v) is 2.79. The molecule has 0 heterocycles. The highest BCUT2D eigenvalue weighted by Gasteiger charge is 2.12. The van der Waals surface area contributed by atoms with Crippen molar-refractivity contribution in [3.8, 4) is 11.8 Å². The molecule has 26 heavy (non-hydrogen) atoms. The van der Waals surface area contributed by atoms with E-state index in [1.165, 1.54) is 6.08 Å². The molecule has 0 bridgehead atoms.